The molecule has 5 nitrogen and oxygen atoms in total. The number of hydrogen-bond acceptors (Lipinski definition) is 2. The van der Waals surface area contributed by atoms with Crippen molar-refractivity contribution in [3.63, 3.8) is 0 Å². The summed E-state index contributed by atoms with van der Waals surface area (Å²) in [7, 11) is 0. The van der Waals surface area contributed by atoms with Gasteiger partial charge in [-0.05, 0) is 50.8 Å². The number of halogens is 1. The molecule has 2 rings (SSSR count). The van der Waals surface area contributed by atoms with Crippen molar-refractivity contribution in [1.29, 1.82) is 0 Å². The van der Waals surface area contributed by atoms with Gasteiger partial charge >= 0.3 is 6.03 Å². The number of carbonyl (C=O) groups is 2. The highest BCUT2D eigenvalue weighted by Gasteiger charge is 2.22. The number of allylic oxidation sites excluding steroid dienone is 1. The van der Waals surface area contributed by atoms with E-state index in [4.69, 9.17) is 0 Å². The van der Waals surface area contributed by atoms with E-state index in [-0.39, 0.29) is 17.9 Å². The number of anilines is 1. The lowest BCUT2D eigenvalue weighted by atomic mass is 9.98. The van der Waals surface area contributed by atoms with E-state index in [1.807, 2.05) is 18.7 Å². The number of carbonyl (C=O) groups excluding carboxylic acids is 2. The molecule has 1 fully saturated rings. The predicted octanol–water partition coefficient (Wildman–Crippen LogP) is 3.15. The highest BCUT2D eigenvalue weighted by atomic mass is 19.1. The molecule has 1 heterocycles. The molecule has 0 saturated carbocycles. The zero-order valence-corrected chi connectivity index (χ0v) is 14.1. The van der Waals surface area contributed by atoms with Gasteiger partial charge in [0.25, 0.3) is 0 Å². The van der Waals surface area contributed by atoms with Gasteiger partial charge in [-0.15, -0.1) is 0 Å². The third kappa shape index (κ3) is 5.68. The Bertz CT molecular complexity index is 626. The van der Waals surface area contributed by atoms with Gasteiger partial charge in [-0.3, -0.25) is 4.79 Å². The summed E-state index contributed by atoms with van der Waals surface area (Å²) in [6, 6.07) is 5.39. The highest BCUT2D eigenvalue weighted by molar-refractivity contribution is 5.89. The minimum Gasteiger partial charge on any atom is -0.339 e. The highest BCUT2D eigenvalue weighted by Crippen LogP contribution is 2.16. The zero-order chi connectivity index (χ0) is 17.5. The number of hydrogen-bond donors (Lipinski definition) is 2. The van der Waals surface area contributed by atoms with Gasteiger partial charge in [0.2, 0.25) is 5.91 Å². The molecular formula is C18H24FN3O2. The van der Waals surface area contributed by atoms with Crippen LogP contribution in [0.15, 0.2) is 35.9 Å². The van der Waals surface area contributed by atoms with Crippen molar-refractivity contribution in [3.05, 3.63) is 41.7 Å². The second-order valence-corrected chi connectivity index (χ2v) is 6.36. The Balaban J connectivity index is 1.80. The standard InChI is InChI=1S/C18H24FN3O2/c1-13(2)9-17(23)22-8-4-5-14(12-22)11-20-18(24)21-16-7-3-6-15(19)10-16/h3,6-7,9-10,14H,4-5,8,11-12H2,1-2H3,(H2,20,21,24). The summed E-state index contributed by atoms with van der Waals surface area (Å²) >= 11 is 0. The Kier molecular flexibility index (Phi) is 6.35. The van der Waals surface area contributed by atoms with E-state index in [0.717, 1.165) is 25.0 Å². The van der Waals surface area contributed by atoms with Crippen LogP contribution in [0, 0.1) is 11.7 Å². The average molecular weight is 333 g/mol. The largest absolute Gasteiger partial charge is 0.339 e. The predicted molar refractivity (Wildman–Crippen MR) is 92.2 cm³/mol. The number of rotatable bonds is 4. The topological polar surface area (TPSA) is 61.4 Å². The molecule has 24 heavy (non-hydrogen) atoms. The number of benzene rings is 1. The molecular weight excluding hydrogens is 309 g/mol. The maximum absolute atomic E-state index is 13.1. The Morgan fingerprint density at radius 1 is 1.38 bits per heavy atom. The molecule has 6 heteroatoms. The van der Waals surface area contributed by atoms with Crippen LogP contribution in [0.4, 0.5) is 14.9 Å². The van der Waals surface area contributed by atoms with Gasteiger partial charge in [-0.25, -0.2) is 9.18 Å². The molecule has 0 aromatic heterocycles. The van der Waals surface area contributed by atoms with Gasteiger partial charge in [0.1, 0.15) is 5.82 Å². The molecule has 130 valence electrons. The fourth-order valence-corrected chi connectivity index (χ4v) is 2.75. The minimum atomic E-state index is -0.395. The average Bonchev–Trinajstić information content (AvgIpc) is 2.52. The fourth-order valence-electron chi connectivity index (χ4n) is 2.75. The Morgan fingerprint density at radius 3 is 2.88 bits per heavy atom. The first kappa shape index (κ1) is 18.0. The molecule has 0 aliphatic carbocycles. The molecule has 0 bridgehead atoms. The summed E-state index contributed by atoms with van der Waals surface area (Å²) in [6.07, 6.45) is 3.55. The molecule has 0 spiro atoms. The fraction of sp³-hybridized carbons (Fsp3) is 0.444. The molecule has 1 aliphatic rings. The van der Waals surface area contributed by atoms with Crippen molar-refractivity contribution >= 4 is 17.6 Å². The molecule has 3 amide bonds. The lowest BCUT2D eigenvalue weighted by molar-refractivity contribution is -0.127. The monoisotopic (exact) mass is 333 g/mol. The first-order valence-electron chi connectivity index (χ1n) is 8.18. The first-order valence-corrected chi connectivity index (χ1v) is 8.18. The molecule has 2 N–H and O–H groups in total. The first-order chi connectivity index (χ1) is 11.4. The number of nitrogens with zero attached hydrogens (tertiary/aromatic N) is 1. The molecule has 1 aromatic rings. The Morgan fingerprint density at radius 2 is 2.17 bits per heavy atom. The van der Waals surface area contributed by atoms with E-state index in [0.29, 0.717) is 18.8 Å². The van der Waals surface area contributed by atoms with Gasteiger partial charge in [-0.1, -0.05) is 11.6 Å². The van der Waals surface area contributed by atoms with E-state index in [9.17, 15) is 14.0 Å². The Hall–Kier alpha value is -2.37. The number of likely N-dealkylation sites (tertiary alicyclic amines) is 1. The van der Waals surface area contributed by atoms with Crippen LogP contribution in [0.2, 0.25) is 0 Å². The summed E-state index contributed by atoms with van der Waals surface area (Å²) in [5.41, 5.74) is 1.39. The van der Waals surface area contributed by atoms with Crippen molar-refractivity contribution in [1.82, 2.24) is 10.2 Å². The summed E-state index contributed by atoms with van der Waals surface area (Å²) in [4.78, 5) is 25.8. The summed E-state index contributed by atoms with van der Waals surface area (Å²) in [5, 5.41) is 5.40. The van der Waals surface area contributed by atoms with E-state index in [1.165, 1.54) is 12.1 Å². The Labute approximate surface area is 141 Å². The van der Waals surface area contributed by atoms with E-state index in [1.54, 1.807) is 18.2 Å². The number of urea groups is 1. The van der Waals surface area contributed by atoms with Crippen molar-refractivity contribution in [3.8, 4) is 0 Å². The molecule has 1 aromatic carbocycles. The minimum absolute atomic E-state index is 0.0314. The molecule has 1 atom stereocenters. The lowest BCUT2D eigenvalue weighted by Gasteiger charge is -2.32. The van der Waals surface area contributed by atoms with Crippen LogP contribution < -0.4 is 10.6 Å². The third-order valence-electron chi connectivity index (χ3n) is 3.88. The van der Waals surface area contributed by atoms with Crippen LogP contribution in [0.3, 0.4) is 0 Å². The van der Waals surface area contributed by atoms with Crippen LogP contribution in [0.5, 0.6) is 0 Å². The molecule has 1 saturated heterocycles. The van der Waals surface area contributed by atoms with Crippen molar-refractivity contribution in [2.24, 2.45) is 5.92 Å². The van der Waals surface area contributed by atoms with Gasteiger partial charge in [0.15, 0.2) is 0 Å². The molecule has 0 radical (unpaired) electrons. The van der Waals surface area contributed by atoms with E-state index >= 15 is 0 Å². The van der Waals surface area contributed by atoms with Crippen molar-refractivity contribution < 1.29 is 14.0 Å². The number of nitrogens with one attached hydrogen (secondary N) is 2. The van der Waals surface area contributed by atoms with Gasteiger partial charge < -0.3 is 15.5 Å². The SMILES string of the molecule is CC(C)=CC(=O)N1CCCC(CNC(=O)Nc2cccc(F)c2)C1. The van der Waals surface area contributed by atoms with E-state index < -0.39 is 5.82 Å². The number of amides is 3. The quantitative estimate of drug-likeness (QED) is 0.832. The van der Waals surface area contributed by atoms with Crippen LogP contribution in [-0.2, 0) is 4.79 Å². The van der Waals surface area contributed by atoms with Gasteiger partial charge in [-0.2, -0.15) is 0 Å². The third-order valence-corrected chi connectivity index (χ3v) is 3.88. The van der Waals surface area contributed by atoms with Crippen LogP contribution >= 0.6 is 0 Å². The zero-order valence-electron chi connectivity index (χ0n) is 14.1. The van der Waals surface area contributed by atoms with Gasteiger partial charge in [0.05, 0.1) is 0 Å². The second kappa shape index (κ2) is 8.47. The molecule has 1 aliphatic heterocycles. The lowest BCUT2D eigenvalue weighted by Crippen LogP contribution is -2.43. The summed E-state index contributed by atoms with van der Waals surface area (Å²) in [5.74, 6) is -0.135. The van der Waals surface area contributed by atoms with Crippen LogP contribution in [0.25, 0.3) is 0 Å². The normalized spacial score (nSPS) is 17.1. The van der Waals surface area contributed by atoms with E-state index in [2.05, 4.69) is 10.6 Å². The number of piperidine rings is 1. The van der Waals surface area contributed by atoms with Crippen LogP contribution in [-0.4, -0.2) is 36.5 Å². The molecule has 1 unspecified atom stereocenters. The second-order valence-electron chi connectivity index (χ2n) is 6.36. The van der Waals surface area contributed by atoms with Crippen LogP contribution in [0.1, 0.15) is 26.7 Å². The maximum atomic E-state index is 13.1. The van der Waals surface area contributed by atoms with Crippen molar-refractivity contribution in [2.45, 2.75) is 26.7 Å². The maximum Gasteiger partial charge on any atom is 0.319 e. The summed E-state index contributed by atoms with van der Waals surface area (Å²) < 4.78 is 13.1. The summed E-state index contributed by atoms with van der Waals surface area (Å²) in [6.45, 7) is 5.69. The van der Waals surface area contributed by atoms with Gasteiger partial charge in [0, 0.05) is 31.4 Å². The van der Waals surface area contributed by atoms with Crippen molar-refractivity contribution in [2.75, 3.05) is 25.0 Å². The smallest absolute Gasteiger partial charge is 0.319 e.